The molecule has 1 aromatic heterocycles. The molecule has 2 aliphatic heterocycles. The van der Waals surface area contributed by atoms with Gasteiger partial charge < -0.3 is 14.9 Å². The Morgan fingerprint density at radius 1 is 1.17 bits per heavy atom. The van der Waals surface area contributed by atoms with E-state index in [2.05, 4.69) is 15.1 Å². The van der Waals surface area contributed by atoms with Gasteiger partial charge in [0.05, 0.1) is 18.0 Å². The number of piperidine rings is 1. The number of aliphatic carboxylic acids is 1. The molecular formula is C18H24F3N5O4. The van der Waals surface area contributed by atoms with Crippen LogP contribution in [0.3, 0.4) is 0 Å². The number of likely N-dealkylation sites (tertiary alicyclic amines) is 1. The highest BCUT2D eigenvalue weighted by molar-refractivity contribution is 5.94. The zero-order valence-corrected chi connectivity index (χ0v) is 16.7. The first-order valence-electron chi connectivity index (χ1n) is 9.39. The summed E-state index contributed by atoms with van der Waals surface area (Å²) in [6.45, 7) is 5.63. The van der Waals surface area contributed by atoms with Gasteiger partial charge in [0.1, 0.15) is 5.54 Å². The van der Waals surface area contributed by atoms with Gasteiger partial charge in [-0.25, -0.2) is 4.79 Å². The van der Waals surface area contributed by atoms with Crippen molar-refractivity contribution >= 4 is 17.8 Å². The van der Waals surface area contributed by atoms with Crippen molar-refractivity contribution in [3.63, 3.8) is 0 Å². The van der Waals surface area contributed by atoms with Crippen LogP contribution in [0.15, 0.2) is 18.5 Å². The molecule has 1 aromatic rings. The van der Waals surface area contributed by atoms with Crippen molar-refractivity contribution in [1.82, 2.24) is 24.9 Å². The molecule has 12 heteroatoms. The first-order chi connectivity index (χ1) is 14.0. The Morgan fingerprint density at radius 2 is 1.77 bits per heavy atom. The summed E-state index contributed by atoms with van der Waals surface area (Å²) in [5.41, 5.74) is 0.108. The van der Waals surface area contributed by atoms with Gasteiger partial charge in [0.2, 0.25) is 5.91 Å². The van der Waals surface area contributed by atoms with E-state index in [0.717, 1.165) is 19.6 Å². The van der Waals surface area contributed by atoms with Gasteiger partial charge in [0.25, 0.3) is 5.91 Å². The van der Waals surface area contributed by atoms with Crippen LogP contribution < -0.4 is 0 Å². The van der Waals surface area contributed by atoms with Crippen molar-refractivity contribution in [3.05, 3.63) is 24.0 Å². The number of alkyl halides is 3. The number of aromatic nitrogens is 2. The molecule has 0 saturated carbocycles. The average molecular weight is 431 g/mol. The Morgan fingerprint density at radius 3 is 2.23 bits per heavy atom. The van der Waals surface area contributed by atoms with Gasteiger partial charge in [-0.3, -0.25) is 14.5 Å². The largest absolute Gasteiger partial charge is 0.490 e. The molecule has 0 radical (unpaired) electrons. The molecule has 1 N–H and O–H groups in total. The highest BCUT2D eigenvalue weighted by Crippen LogP contribution is 2.33. The topological polar surface area (TPSA) is 107 Å². The summed E-state index contributed by atoms with van der Waals surface area (Å²) in [5, 5.41) is 14.6. The summed E-state index contributed by atoms with van der Waals surface area (Å²) in [6.07, 6.45) is -0.703. The SMILES string of the molecule is CCN1CCN(C)C2(CCN(C(=O)c3ccnnc3)CC2)C1=O.O=C(O)C(F)(F)F. The van der Waals surface area contributed by atoms with Gasteiger partial charge in [-0.1, -0.05) is 0 Å². The molecule has 9 nitrogen and oxygen atoms in total. The van der Waals surface area contributed by atoms with E-state index >= 15 is 0 Å². The number of hydrogen-bond acceptors (Lipinski definition) is 6. The molecular weight excluding hydrogens is 407 g/mol. The Bertz CT molecular complexity index is 767. The molecule has 166 valence electrons. The minimum Gasteiger partial charge on any atom is -0.475 e. The second kappa shape index (κ2) is 9.37. The monoisotopic (exact) mass is 431 g/mol. The number of piperazine rings is 1. The van der Waals surface area contributed by atoms with Gasteiger partial charge in [-0.05, 0) is 32.9 Å². The van der Waals surface area contributed by atoms with Crippen LogP contribution in [0, 0.1) is 0 Å². The van der Waals surface area contributed by atoms with Crippen LogP contribution in [0.5, 0.6) is 0 Å². The molecule has 1 spiro atoms. The van der Waals surface area contributed by atoms with Crippen LogP contribution in [-0.4, -0.2) is 99.3 Å². The van der Waals surface area contributed by atoms with E-state index < -0.39 is 17.7 Å². The van der Waals surface area contributed by atoms with Gasteiger partial charge in [0.15, 0.2) is 0 Å². The van der Waals surface area contributed by atoms with E-state index in [1.54, 1.807) is 6.07 Å². The van der Waals surface area contributed by atoms with E-state index in [1.807, 2.05) is 23.8 Å². The number of carboxylic acid groups (broad SMARTS) is 1. The predicted octanol–water partition coefficient (Wildman–Crippen LogP) is 0.879. The minimum absolute atomic E-state index is 0.0343. The van der Waals surface area contributed by atoms with Gasteiger partial charge in [0, 0.05) is 32.7 Å². The van der Waals surface area contributed by atoms with E-state index in [1.165, 1.54) is 12.4 Å². The van der Waals surface area contributed by atoms with Crippen molar-refractivity contribution in [3.8, 4) is 0 Å². The van der Waals surface area contributed by atoms with E-state index in [-0.39, 0.29) is 11.8 Å². The number of carbonyl (C=O) groups is 3. The minimum atomic E-state index is -5.08. The number of amides is 2. The second-order valence-electron chi connectivity index (χ2n) is 7.06. The van der Waals surface area contributed by atoms with Crippen molar-refractivity contribution in [2.75, 3.05) is 39.8 Å². The summed E-state index contributed by atoms with van der Waals surface area (Å²) < 4.78 is 31.7. The van der Waals surface area contributed by atoms with Crippen LogP contribution in [-0.2, 0) is 9.59 Å². The quantitative estimate of drug-likeness (QED) is 0.741. The van der Waals surface area contributed by atoms with Crippen molar-refractivity contribution < 1.29 is 32.7 Å². The van der Waals surface area contributed by atoms with Crippen molar-refractivity contribution in [1.29, 1.82) is 0 Å². The van der Waals surface area contributed by atoms with Crippen molar-refractivity contribution in [2.24, 2.45) is 0 Å². The lowest BCUT2D eigenvalue weighted by atomic mass is 9.82. The Balaban J connectivity index is 0.000000396. The van der Waals surface area contributed by atoms with Crippen LogP contribution in [0.2, 0.25) is 0 Å². The third-order valence-electron chi connectivity index (χ3n) is 5.45. The maximum atomic E-state index is 12.9. The molecule has 0 aliphatic carbocycles. The highest BCUT2D eigenvalue weighted by atomic mass is 19.4. The predicted molar refractivity (Wildman–Crippen MR) is 98.5 cm³/mol. The summed E-state index contributed by atoms with van der Waals surface area (Å²) in [7, 11) is 2.02. The third-order valence-corrected chi connectivity index (χ3v) is 5.45. The summed E-state index contributed by atoms with van der Waals surface area (Å²) in [5.74, 6) is -2.58. The maximum absolute atomic E-state index is 12.9. The zero-order chi connectivity index (χ0) is 22.5. The summed E-state index contributed by atoms with van der Waals surface area (Å²) in [4.78, 5) is 40.2. The van der Waals surface area contributed by atoms with E-state index in [0.29, 0.717) is 31.5 Å². The molecule has 2 saturated heterocycles. The summed E-state index contributed by atoms with van der Waals surface area (Å²) in [6, 6.07) is 1.68. The van der Waals surface area contributed by atoms with Gasteiger partial charge in [-0.15, -0.1) is 0 Å². The number of nitrogens with zero attached hydrogens (tertiary/aromatic N) is 5. The second-order valence-corrected chi connectivity index (χ2v) is 7.06. The Kier molecular flexibility index (Phi) is 7.34. The maximum Gasteiger partial charge on any atom is 0.490 e. The van der Waals surface area contributed by atoms with Crippen molar-refractivity contribution in [2.45, 2.75) is 31.5 Å². The van der Waals surface area contributed by atoms with E-state index in [4.69, 9.17) is 9.90 Å². The molecule has 3 rings (SSSR count). The fourth-order valence-corrected chi connectivity index (χ4v) is 3.62. The number of likely N-dealkylation sites (N-methyl/N-ethyl adjacent to an activating group) is 2. The fraction of sp³-hybridized carbons (Fsp3) is 0.611. The number of halogens is 3. The standard InChI is InChI=1S/C16H23N5O2.C2HF3O2/c1-3-20-11-10-19(2)16(15(20)23)5-8-21(9-6-16)14(22)13-4-7-17-18-12-13;3-2(4,5)1(6)7/h4,7,12H,3,5-6,8-11H2,1-2H3;(H,6,7). The Labute approximate surface area is 171 Å². The van der Waals surface area contributed by atoms with Crippen LogP contribution in [0.1, 0.15) is 30.1 Å². The number of carbonyl (C=O) groups excluding carboxylic acids is 2. The lowest BCUT2D eigenvalue weighted by Gasteiger charge is -2.51. The third kappa shape index (κ3) is 5.04. The average Bonchev–Trinajstić information content (AvgIpc) is 2.73. The summed E-state index contributed by atoms with van der Waals surface area (Å²) >= 11 is 0. The number of carboxylic acids is 1. The Hall–Kier alpha value is -2.76. The molecule has 0 aromatic carbocycles. The van der Waals surface area contributed by atoms with Gasteiger partial charge in [-0.2, -0.15) is 23.4 Å². The lowest BCUT2D eigenvalue weighted by Crippen LogP contribution is -2.67. The van der Waals surface area contributed by atoms with Gasteiger partial charge >= 0.3 is 12.1 Å². The van der Waals surface area contributed by atoms with Crippen LogP contribution in [0.25, 0.3) is 0 Å². The molecule has 3 heterocycles. The lowest BCUT2D eigenvalue weighted by molar-refractivity contribution is -0.192. The normalized spacial score (nSPS) is 19.3. The highest BCUT2D eigenvalue weighted by Gasteiger charge is 2.49. The number of rotatable bonds is 2. The fourth-order valence-electron chi connectivity index (χ4n) is 3.62. The van der Waals surface area contributed by atoms with Crippen LogP contribution in [0.4, 0.5) is 13.2 Å². The molecule has 2 aliphatic rings. The smallest absolute Gasteiger partial charge is 0.475 e. The molecule has 2 fully saturated rings. The van der Waals surface area contributed by atoms with Crippen LogP contribution >= 0.6 is 0 Å². The molecule has 30 heavy (non-hydrogen) atoms. The number of hydrogen-bond donors (Lipinski definition) is 1. The molecule has 0 unspecified atom stereocenters. The zero-order valence-electron chi connectivity index (χ0n) is 16.7. The molecule has 2 amide bonds. The first-order valence-corrected chi connectivity index (χ1v) is 9.39. The first kappa shape index (κ1) is 23.5. The van der Waals surface area contributed by atoms with E-state index in [9.17, 15) is 22.8 Å². The molecule has 0 bridgehead atoms. The molecule has 0 atom stereocenters.